The fourth-order valence-corrected chi connectivity index (χ4v) is 1.09. The van der Waals surface area contributed by atoms with Gasteiger partial charge in [-0.2, -0.15) is 0 Å². The Kier molecular flexibility index (Phi) is 3.32. The molecule has 0 aromatic rings. The summed E-state index contributed by atoms with van der Waals surface area (Å²) >= 11 is 0. The molecule has 0 aliphatic carbocycles. The highest BCUT2D eigenvalue weighted by molar-refractivity contribution is 5.80. The Morgan fingerprint density at radius 1 is 1.73 bits per heavy atom. The van der Waals surface area contributed by atoms with Crippen molar-refractivity contribution in [3.05, 3.63) is 0 Å². The van der Waals surface area contributed by atoms with Gasteiger partial charge in [0.2, 0.25) is 5.91 Å². The van der Waals surface area contributed by atoms with Crippen LogP contribution in [-0.2, 0) is 9.53 Å². The Morgan fingerprint density at radius 2 is 2.55 bits per heavy atom. The Hall–Kier alpha value is -0.610. The number of carbonyl (C=O) groups is 1. The van der Waals surface area contributed by atoms with Crippen molar-refractivity contribution in [1.29, 1.82) is 0 Å². The summed E-state index contributed by atoms with van der Waals surface area (Å²) < 4.78 is 5.16. The summed E-state index contributed by atoms with van der Waals surface area (Å²) in [4.78, 5) is 11.1. The largest absolute Gasteiger partial charge is 0.368 e. The van der Waals surface area contributed by atoms with E-state index in [0.29, 0.717) is 19.7 Å². The Balaban J connectivity index is 2.17. The van der Waals surface area contributed by atoms with Crippen LogP contribution in [0, 0.1) is 0 Å². The van der Waals surface area contributed by atoms with Crippen LogP contribution in [0.1, 0.15) is 12.8 Å². The first-order valence-corrected chi connectivity index (χ1v) is 3.94. The Bertz CT molecular complexity index is 132. The third-order valence-corrected chi connectivity index (χ3v) is 1.67. The molecule has 1 aliphatic rings. The van der Waals surface area contributed by atoms with Gasteiger partial charge in [0.05, 0.1) is 0 Å². The molecule has 4 nitrogen and oxygen atoms in total. The van der Waals surface area contributed by atoms with Crippen LogP contribution >= 0.6 is 0 Å². The number of carbonyl (C=O) groups excluding carboxylic acids is 1. The van der Waals surface area contributed by atoms with Crippen LogP contribution in [0.2, 0.25) is 0 Å². The van der Waals surface area contributed by atoms with Gasteiger partial charge in [-0.1, -0.05) is 0 Å². The molecular weight excluding hydrogens is 144 g/mol. The zero-order valence-corrected chi connectivity index (χ0v) is 6.51. The van der Waals surface area contributed by atoms with E-state index < -0.39 is 0 Å². The highest BCUT2D eigenvalue weighted by Gasteiger charge is 2.22. The molecule has 1 unspecified atom stereocenters. The van der Waals surface area contributed by atoms with Crippen molar-refractivity contribution in [1.82, 2.24) is 5.32 Å². The van der Waals surface area contributed by atoms with Gasteiger partial charge < -0.3 is 15.8 Å². The minimum absolute atomic E-state index is 0.0204. The summed E-state index contributed by atoms with van der Waals surface area (Å²) in [5.74, 6) is -0.0204. The van der Waals surface area contributed by atoms with E-state index in [-0.39, 0.29) is 12.0 Å². The topological polar surface area (TPSA) is 64.3 Å². The average molecular weight is 158 g/mol. The maximum absolute atomic E-state index is 11.1. The molecule has 1 fully saturated rings. The summed E-state index contributed by atoms with van der Waals surface area (Å²) in [6, 6.07) is 0. The molecule has 0 spiro atoms. The molecular formula is C7H14N2O2. The van der Waals surface area contributed by atoms with Gasteiger partial charge in [0, 0.05) is 19.7 Å². The highest BCUT2D eigenvalue weighted by atomic mass is 16.5. The van der Waals surface area contributed by atoms with E-state index in [1.165, 1.54) is 0 Å². The van der Waals surface area contributed by atoms with Gasteiger partial charge in [-0.25, -0.2) is 0 Å². The van der Waals surface area contributed by atoms with Crippen LogP contribution in [0.15, 0.2) is 0 Å². The fraction of sp³-hybridized carbons (Fsp3) is 0.857. The maximum atomic E-state index is 11.1. The molecule has 64 valence electrons. The van der Waals surface area contributed by atoms with E-state index in [4.69, 9.17) is 10.5 Å². The second kappa shape index (κ2) is 4.31. The van der Waals surface area contributed by atoms with Crippen LogP contribution in [0.25, 0.3) is 0 Å². The van der Waals surface area contributed by atoms with Crippen LogP contribution in [0.4, 0.5) is 0 Å². The number of amides is 1. The molecule has 1 atom stereocenters. The van der Waals surface area contributed by atoms with Crippen molar-refractivity contribution >= 4 is 5.91 Å². The fourth-order valence-electron chi connectivity index (χ4n) is 1.09. The van der Waals surface area contributed by atoms with Crippen molar-refractivity contribution in [2.75, 3.05) is 19.7 Å². The lowest BCUT2D eigenvalue weighted by molar-refractivity contribution is -0.129. The van der Waals surface area contributed by atoms with Crippen LogP contribution in [0.5, 0.6) is 0 Å². The smallest absolute Gasteiger partial charge is 0.249 e. The Labute approximate surface area is 66.1 Å². The highest BCUT2D eigenvalue weighted by Crippen LogP contribution is 2.11. The first-order valence-electron chi connectivity index (χ1n) is 3.94. The lowest BCUT2D eigenvalue weighted by Gasteiger charge is -2.08. The van der Waals surface area contributed by atoms with E-state index in [9.17, 15) is 4.79 Å². The molecule has 0 radical (unpaired) electrons. The van der Waals surface area contributed by atoms with E-state index >= 15 is 0 Å². The van der Waals surface area contributed by atoms with E-state index in [2.05, 4.69) is 5.32 Å². The molecule has 1 heterocycles. The molecule has 1 rings (SSSR count). The number of hydrogen-bond donors (Lipinski definition) is 2. The standard InChI is InChI=1S/C7H14N2O2/c8-3-4-9-7(10)6-2-1-5-11-6/h6H,1-5,8H2,(H,9,10). The number of nitrogens with two attached hydrogens (primary N) is 1. The summed E-state index contributed by atoms with van der Waals surface area (Å²) in [5, 5.41) is 2.69. The SMILES string of the molecule is NCCNC(=O)C1CCCO1. The number of ether oxygens (including phenoxy) is 1. The average Bonchev–Trinajstić information content (AvgIpc) is 2.52. The zero-order chi connectivity index (χ0) is 8.10. The normalized spacial score (nSPS) is 23.5. The second-order valence-corrected chi connectivity index (χ2v) is 2.58. The minimum Gasteiger partial charge on any atom is -0.368 e. The molecule has 4 heteroatoms. The summed E-state index contributed by atoms with van der Waals surface area (Å²) in [6.07, 6.45) is 1.61. The Morgan fingerprint density at radius 3 is 3.09 bits per heavy atom. The van der Waals surface area contributed by atoms with Gasteiger partial charge in [0.25, 0.3) is 0 Å². The molecule has 0 bridgehead atoms. The minimum atomic E-state index is -0.221. The van der Waals surface area contributed by atoms with Crippen LogP contribution in [-0.4, -0.2) is 31.7 Å². The van der Waals surface area contributed by atoms with Crippen molar-refractivity contribution in [2.24, 2.45) is 5.73 Å². The molecule has 0 aromatic carbocycles. The molecule has 1 aliphatic heterocycles. The van der Waals surface area contributed by atoms with Crippen LogP contribution in [0.3, 0.4) is 0 Å². The maximum Gasteiger partial charge on any atom is 0.249 e. The first kappa shape index (κ1) is 8.49. The third-order valence-electron chi connectivity index (χ3n) is 1.67. The molecule has 1 amide bonds. The summed E-state index contributed by atoms with van der Waals surface area (Å²) in [5.41, 5.74) is 5.22. The molecule has 1 saturated heterocycles. The molecule has 11 heavy (non-hydrogen) atoms. The summed E-state index contributed by atoms with van der Waals surface area (Å²) in [7, 11) is 0. The third kappa shape index (κ3) is 2.48. The monoisotopic (exact) mass is 158 g/mol. The first-order chi connectivity index (χ1) is 5.34. The summed E-state index contributed by atoms with van der Waals surface area (Å²) in [6.45, 7) is 1.73. The van der Waals surface area contributed by atoms with E-state index in [0.717, 1.165) is 12.8 Å². The zero-order valence-electron chi connectivity index (χ0n) is 6.51. The van der Waals surface area contributed by atoms with Crippen molar-refractivity contribution in [3.8, 4) is 0 Å². The van der Waals surface area contributed by atoms with Crippen molar-refractivity contribution in [2.45, 2.75) is 18.9 Å². The van der Waals surface area contributed by atoms with E-state index in [1.54, 1.807) is 0 Å². The molecule has 3 N–H and O–H groups in total. The van der Waals surface area contributed by atoms with Crippen LogP contribution < -0.4 is 11.1 Å². The molecule has 0 saturated carbocycles. The predicted molar refractivity (Wildman–Crippen MR) is 41.0 cm³/mol. The van der Waals surface area contributed by atoms with Gasteiger partial charge in [0.15, 0.2) is 0 Å². The molecule has 0 aromatic heterocycles. The van der Waals surface area contributed by atoms with Gasteiger partial charge in [-0.15, -0.1) is 0 Å². The van der Waals surface area contributed by atoms with Crippen molar-refractivity contribution < 1.29 is 9.53 Å². The van der Waals surface area contributed by atoms with E-state index in [1.807, 2.05) is 0 Å². The number of rotatable bonds is 3. The predicted octanol–water partition coefficient (Wildman–Crippen LogP) is -0.760. The van der Waals surface area contributed by atoms with Gasteiger partial charge in [-0.3, -0.25) is 4.79 Å². The van der Waals surface area contributed by atoms with Gasteiger partial charge in [-0.05, 0) is 12.8 Å². The number of nitrogens with one attached hydrogen (secondary N) is 1. The van der Waals surface area contributed by atoms with Crippen molar-refractivity contribution in [3.63, 3.8) is 0 Å². The second-order valence-electron chi connectivity index (χ2n) is 2.58. The lowest BCUT2D eigenvalue weighted by Crippen LogP contribution is -2.36. The van der Waals surface area contributed by atoms with Gasteiger partial charge >= 0.3 is 0 Å². The quantitative estimate of drug-likeness (QED) is 0.567. The number of hydrogen-bond acceptors (Lipinski definition) is 3. The van der Waals surface area contributed by atoms with Gasteiger partial charge in [0.1, 0.15) is 6.10 Å². The lowest BCUT2D eigenvalue weighted by atomic mass is 10.2.